The SMILES string of the molecule is COc1ccc(S(=O)(=O)NC(=O)[C@@H]2Cc3ccccc3S2)cc1OC. The molecule has 1 atom stereocenters. The Morgan fingerprint density at radius 3 is 2.52 bits per heavy atom. The van der Waals surface area contributed by atoms with Crippen LogP contribution in [0.25, 0.3) is 0 Å². The first-order valence-electron chi connectivity index (χ1n) is 7.48. The van der Waals surface area contributed by atoms with E-state index in [4.69, 9.17) is 9.47 Å². The third kappa shape index (κ3) is 3.59. The fourth-order valence-electron chi connectivity index (χ4n) is 2.57. The van der Waals surface area contributed by atoms with Crippen molar-refractivity contribution in [2.75, 3.05) is 14.2 Å². The van der Waals surface area contributed by atoms with Gasteiger partial charge in [0, 0.05) is 11.0 Å². The summed E-state index contributed by atoms with van der Waals surface area (Å²) < 4.78 is 37.4. The molecule has 3 rings (SSSR count). The minimum absolute atomic E-state index is 0.0565. The van der Waals surface area contributed by atoms with E-state index in [1.165, 1.54) is 44.2 Å². The van der Waals surface area contributed by atoms with Crippen molar-refractivity contribution in [2.45, 2.75) is 21.5 Å². The van der Waals surface area contributed by atoms with Crippen LogP contribution in [0.3, 0.4) is 0 Å². The third-order valence-electron chi connectivity index (χ3n) is 3.84. The second-order valence-corrected chi connectivity index (χ2v) is 8.33. The molecule has 8 heteroatoms. The number of hydrogen-bond donors (Lipinski definition) is 1. The van der Waals surface area contributed by atoms with Gasteiger partial charge in [-0.15, -0.1) is 11.8 Å². The van der Waals surface area contributed by atoms with E-state index >= 15 is 0 Å². The van der Waals surface area contributed by atoms with E-state index in [9.17, 15) is 13.2 Å². The van der Waals surface area contributed by atoms with Crippen molar-refractivity contribution in [3.8, 4) is 11.5 Å². The second kappa shape index (κ2) is 6.97. The molecule has 1 heterocycles. The van der Waals surface area contributed by atoms with E-state index in [2.05, 4.69) is 4.72 Å². The van der Waals surface area contributed by atoms with Gasteiger partial charge >= 0.3 is 0 Å². The highest BCUT2D eigenvalue weighted by Crippen LogP contribution is 2.37. The molecule has 0 saturated heterocycles. The van der Waals surface area contributed by atoms with E-state index in [0.717, 1.165) is 10.5 Å². The topological polar surface area (TPSA) is 81.7 Å². The molecule has 0 bridgehead atoms. The maximum Gasteiger partial charge on any atom is 0.264 e. The number of benzene rings is 2. The van der Waals surface area contributed by atoms with Gasteiger partial charge in [-0.05, 0) is 30.2 Å². The first kappa shape index (κ1) is 17.6. The van der Waals surface area contributed by atoms with Gasteiger partial charge in [0.15, 0.2) is 11.5 Å². The highest BCUT2D eigenvalue weighted by Gasteiger charge is 2.31. The Bertz CT molecular complexity index is 886. The van der Waals surface area contributed by atoms with Crippen molar-refractivity contribution in [3.63, 3.8) is 0 Å². The van der Waals surface area contributed by atoms with E-state index < -0.39 is 21.2 Å². The molecule has 6 nitrogen and oxygen atoms in total. The number of rotatable bonds is 5. The molecule has 25 heavy (non-hydrogen) atoms. The number of hydrogen-bond acceptors (Lipinski definition) is 6. The number of carbonyl (C=O) groups is 1. The average molecular weight is 379 g/mol. The molecule has 1 amide bonds. The minimum atomic E-state index is -3.99. The predicted octanol–water partition coefficient (Wildman–Crippen LogP) is 2.23. The van der Waals surface area contributed by atoms with Crippen LogP contribution in [0.15, 0.2) is 52.3 Å². The van der Waals surface area contributed by atoms with E-state index in [1.807, 2.05) is 24.3 Å². The van der Waals surface area contributed by atoms with Crippen molar-refractivity contribution in [3.05, 3.63) is 48.0 Å². The third-order valence-corrected chi connectivity index (χ3v) is 6.50. The summed E-state index contributed by atoms with van der Waals surface area (Å²) in [4.78, 5) is 13.4. The maximum atomic E-state index is 12.5. The zero-order chi connectivity index (χ0) is 18.0. The van der Waals surface area contributed by atoms with Crippen LogP contribution in [-0.4, -0.2) is 33.8 Å². The van der Waals surface area contributed by atoms with Gasteiger partial charge in [-0.3, -0.25) is 4.79 Å². The van der Waals surface area contributed by atoms with Gasteiger partial charge in [0.1, 0.15) is 0 Å². The number of fused-ring (bicyclic) bond motifs is 1. The van der Waals surface area contributed by atoms with Crippen LogP contribution in [0.5, 0.6) is 11.5 Å². The summed E-state index contributed by atoms with van der Waals surface area (Å²) in [6.45, 7) is 0. The Morgan fingerprint density at radius 2 is 1.84 bits per heavy atom. The number of nitrogens with one attached hydrogen (secondary N) is 1. The molecule has 1 aliphatic heterocycles. The minimum Gasteiger partial charge on any atom is -0.493 e. The molecule has 132 valence electrons. The van der Waals surface area contributed by atoms with Crippen LogP contribution < -0.4 is 14.2 Å². The number of ether oxygens (including phenoxy) is 2. The quantitative estimate of drug-likeness (QED) is 0.858. The molecule has 0 radical (unpaired) electrons. The van der Waals surface area contributed by atoms with Crippen molar-refractivity contribution < 1.29 is 22.7 Å². The van der Waals surface area contributed by atoms with Crippen LogP contribution in [0.1, 0.15) is 5.56 Å². The Labute approximate surface area is 150 Å². The van der Waals surface area contributed by atoms with Crippen LogP contribution in [0.4, 0.5) is 0 Å². The average Bonchev–Trinajstić information content (AvgIpc) is 3.05. The van der Waals surface area contributed by atoms with Crippen LogP contribution in [0, 0.1) is 0 Å². The first-order chi connectivity index (χ1) is 11.9. The van der Waals surface area contributed by atoms with Gasteiger partial charge in [0.05, 0.1) is 24.4 Å². The van der Waals surface area contributed by atoms with Gasteiger partial charge in [0.25, 0.3) is 10.0 Å². The number of amides is 1. The molecular formula is C17H17NO5S2. The maximum absolute atomic E-state index is 12.5. The lowest BCUT2D eigenvalue weighted by Crippen LogP contribution is -2.37. The van der Waals surface area contributed by atoms with E-state index in [1.54, 1.807) is 0 Å². The Kier molecular flexibility index (Phi) is 4.91. The van der Waals surface area contributed by atoms with Gasteiger partial charge in [0.2, 0.25) is 5.91 Å². The fraction of sp³-hybridized carbons (Fsp3) is 0.235. The van der Waals surface area contributed by atoms with E-state index in [-0.39, 0.29) is 10.6 Å². The summed E-state index contributed by atoms with van der Waals surface area (Å²) in [7, 11) is -1.11. The molecule has 2 aromatic carbocycles. The smallest absolute Gasteiger partial charge is 0.264 e. The van der Waals surface area contributed by atoms with Gasteiger partial charge in [-0.2, -0.15) is 0 Å². The highest BCUT2D eigenvalue weighted by molar-refractivity contribution is 8.01. The monoisotopic (exact) mass is 379 g/mol. The van der Waals surface area contributed by atoms with E-state index in [0.29, 0.717) is 12.2 Å². The molecule has 0 spiro atoms. The summed E-state index contributed by atoms with van der Waals surface area (Å²) in [5.41, 5.74) is 1.05. The highest BCUT2D eigenvalue weighted by atomic mass is 32.2. The Morgan fingerprint density at radius 1 is 1.12 bits per heavy atom. The fourth-order valence-corrected chi connectivity index (χ4v) is 4.87. The van der Waals surface area contributed by atoms with Crippen LogP contribution in [-0.2, 0) is 21.2 Å². The number of thioether (sulfide) groups is 1. The lowest BCUT2D eigenvalue weighted by Gasteiger charge is -2.13. The van der Waals surface area contributed by atoms with Crippen molar-refractivity contribution in [1.29, 1.82) is 0 Å². The molecule has 0 saturated carbocycles. The number of methoxy groups -OCH3 is 2. The van der Waals surface area contributed by atoms with Crippen molar-refractivity contribution in [1.82, 2.24) is 4.72 Å². The Balaban J connectivity index is 1.77. The molecule has 0 fully saturated rings. The van der Waals surface area contributed by atoms with Crippen LogP contribution in [0.2, 0.25) is 0 Å². The van der Waals surface area contributed by atoms with Crippen molar-refractivity contribution >= 4 is 27.7 Å². The molecule has 0 unspecified atom stereocenters. The van der Waals surface area contributed by atoms with Gasteiger partial charge in [-0.25, -0.2) is 13.1 Å². The zero-order valence-corrected chi connectivity index (χ0v) is 15.3. The largest absolute Gasteiger partial charge is 0.493 e. The lowest BCUT2D eigenvalue weighted by atomic mass is 10.1. The zero-order valence-electron chi connectivity index (χ0n) is 13.7. The summed E-state index contributed by atoms with van der Waals surface area (Å²) >= 11 is 1.37. The summed E-state index contributed by atoms with van der Waals surface area (Å²) in [5, 5.41) is -0.465. The molecule has 0 aromatic heterocycles. The summed E-state index contributed by atoms with van der Waals surface area (Å²) in [6.07, 6.45) is 0.508. The normalized spacial score (nSPS) is 16.2. The molecule has 1 N–H and O–H groups in total. The predicted molar refractivity (Wildman–Crippen MR) is 94.7 cm³/mol. The van der Waals surface area contributed by atoms with Gasteiger partial charge < -0.3 is 9.47 Å². The summed E-state index contributed by atoms with van der Waals surface area (Å²) in [5.74, 6) is 0.158. The van der Waals surface area contributed by atoms with Crippen LogP contribution >= 0.6 is 11.8 Å². The first-order valence-corrected chi connectivity index (χ1v) is 9.84. The molecule has 1 aliphatic rings. The summed E-state index contributed by atoms with van der Waals surface area (Å²) in [6, 6.07) is 11.8. The Hall–Kier alpha value is -2.19. The standard InChI is InChI=1S/C17H17NO5S2/c1-22-13-8-7-12(10-14(13)23-2)25(20,21)18-17(19)16-9-11-5-3-4-6-15(11)24-16/h3-8,10,16H,9H2,1-2H3,(H,18,19)/t16-/m0/s1. The second-order valence-electron chi connectivity index (χ2n) is 5.40. The number of carbonyl (C=O) groups excluding carboxylic acids is 1. The molecule has 2 aromatic rings. The van der Waals surface area contributed by atoms with Gasteiger partial charge in [-0.1, -0.05) is 18.2 Å². The van der Waals surface area contributed by atoms with Crippen molar-refractivity contribution in [2.24, 2.45) is 0 Å². The molecule has 0 aliphatic carbocycles. The molecular weight excluding hydrogens is 362 g/mol. The lowest BCUT2D eigenvalue weighted by molar-refractivity contribution is -0.118. The number of sulfonamides is 1.